The summed E-state index contributed by atoms with van der Waals surface area (Å²) in [5.41, 5.74) is 1.66. The Bertz CT molecular complexity index is 1080. The normalized spacial score (nSPS) is 16.0. The van der Waals surface area contributed by atoms with Crippen molar-refractivity contribution in [2.75, 3.05) is 6.61 Å². The Balaban J connectivity index is 1.75. The van der Waals surface area contributed by atoms with E-state index in [1.54, 1.807) is 6.92 Å². The monoisotopic (exact) mass is 494 g/mol. The first kappa shape index (κ1) is 27.2. The predicted molar refractivity (Wildman–Crippen MR) is 140 cm³/mol. The van der Waals surface area contributed by atoms with E-state index in [1.165, 1.54) is 6.92 Å². The maximum absolute atomic E-state index is 13.4. The average Bonchev–Trinajstić information content (AvgIpc) is 3.10. The van der Waals surface area contributed by atoms with Crippen LogP contribution >= 0.6 is 0 Å². The summed E-state index contributed by atoms with van der Waals surface area (Å²) in [5.74, 6) is -1.64. The number of benzene rings is 2. The van der Waals surface area contributed by atoms with Crippen molar-refractivity contribution >= 4 is 18.0 Å². The van der Waals surface area contributed by atoms with Crippen molar-refractivity contribution in [2.45, 2.75) is 71.4 Å². The number of hydrogen-bond donors (Lipinski definition) is 3. The van der Waals surface area contributed by atoms with Gasteiger partial charge in [0, 0.05) is 5.92 Å². The summed E-state index contributed by atoms with van der Waals surface area (Å²) in [6.45, 7) is 10.9. The van der Waals surface area contributed by atoms with Crippen molar-refractivity contribution in [1.82, 2.24) is 10.6 Å². The largest absolute Gasteiger partial charge is 0.480 e. The van der Waals surface area contributed by atoms with Crippen LogP contribution in [0.25, 0.3) is 11.1 Å². The Labute approximate surface area is 213 Å². The molecule has 2 aromatic rings. The molecule has 3 rings (SSSR count). The number of carbonyl (C=O) groups is 3. The van der Waals surface area contributed by atoms with Gasteiger partial charge in [0.25, 0.3) is 0 Å². The number of fused-ring (bicyclic) bond motifs is 3. The van der Waals surface area contributed by atoms with Gasteiger partial charge in [0.05, 0.1) is 0 Å². The van der Waals surface area contributed by atoms with Gasteiger partial charge >= 0.3 is 12.1 Å². The van der Waals surface area contributed by atoms with E-state index in [9.17, 15) is 19.5 Å². The summed E-state index contributed by atoms with van der Waals surface area (Å²) in [4.78, 5) is 38.3. The van der Waals surface area contributed by atoms with Gasteiger partial charge in [-0.25, -0.2) is 9.59 Å². The lowest BCUT2D eigenvalue weighted by Gasteiger charge is -2.36. The number of carboxylic acid groups (broad SMARTS) is 1. The molecule has 2 aromatic carbocycles. The third-order valence-corrected chi connectivity index (χ3v) is 6.72. The number of rotatable bonds is 10. The van der Waals surface area contributed by atoms with Gasteiger partial charge in [-0.2, -0.15) is 0 Å². The second-order valence-corrected chi connectivity index (χ2v) is 11.1. The molecule has 36 heavy (non-hydrogen) atoms. The van der Waals surface area contributed by atoms with E-state index in [0.717, 1.165) is 22.3 Å². The van der Waals surface area contributed by atoms with Gasteiger partial charge in [-0.3, -0.25) is 4.79 Å². The molecule has 1 aliphatic carbocycles. The summed E-state index contributed by atoms with van der Waals surface area (Å²) in [7, 11) is 0. The van der Waals surface area contributed by atoms with Gasteiger partial charge in [-0.1, -0.05) is 76.2 Å². The fourth-order valence-electron chi connectivity index (χ4n) is 5.27. The minimum atomic E-state index is -1.45. The molecule has 3 N–H and O–H groups in total. The minimum Gasteiger partial charge on any atom is -0.480 e. The molecule has 0 aromatic heterocycles. The first-order valence-corrected chi connectivity index (χ1v) is 12.6. The zero-order chi connectivity index (χ0) is 26.7. The minimum absolute atomic E-state index is 0.0536. The van der Waals surface area contributed by atoms with Gasteiger partial charge < -0.3 is 20.5 Å². The fourth-order valence-corrected chi connectivity index (χ4v) is 5.27. The van der Waals surface area contributed by atoms with Crippen molar-refractivity contribution in [3.8, 4) is 11.1 Å². The third kappa shape index (κ3) is 5.89. The molecule has 0 saturated heterocycles. The van der Waals surface area contributed by atoms with Crippen LogP contribution < -0.4 is 10.6 Å². The fraction of sp³-hybridized carbons (Fsp3) is 0.483. The number of hydrogen-bond acceptors (Lipinski definition) is 4. The van der Waals surface area contributed by atoms with E-state index in [2.05, 4.69) is 22.8 Å². The Morgan fingerprint density at radius 2 is 1.31 bits per heavy atom. The smallest absolute Gasteiger partial charge is 0.408 e. The highest BCUT2D eigenvalue weighted by atomic mass is 16.5. The van der Waals surface area contributed by atoms with Crippen LogP contribution in [0.15, 0.2) is 48.5 Å². The molecule has 0 heterocycles. The molecule has 7 heteroatoms. The van der Waals surface area contributed by atoms with Crippen LogP contribution in [0.3, 0.4) is 0 Å². The van der Waals surface area contributed by atoms with Crippen molar-refractivity contribution in [3.05, 3.63) is 59.7 Å². The van der Waals surface area contributed by atoms with E-state index >= 15 is 0 Å². The molecule has 2 atom stereocenters. The number of carbonyl (C=O) groups excluding carboxylic acids is 2. The second kappa shape index (κ2) is 10.7. The first-order chi connectivity index (χ1) is 16.9. The Morgan fingerprint density at radius 3 is 1.78 bits per heavy atom. The molecule has 194 valence electrons. The average molecular weight is 495 g/mol. The number of alkyl carbamates (subject to hydrolysis) is 1. The van der Waals surface area contributed by atoms with Crippen LogP contribution in [0.1, 0.15) is 71.4 Å². The molecule has 0 fully saturated rings. The molecule has 7 nitrogen and oxygen atoms in total. The molecular formula is C29H38N2O5. The molecule has 0 radical (unpaired) electrons. The van der Waals surface area contributed by atoms with Crippen LogP contribution in [0.4, 0.5) is 4.79 Å². The quantitative estimate of drug-likeness (QED) is 0.414. The number of nitrogens with one attached hydrogen (secondary N) is 2. The standard InChI is InChI=1S/C29H38N2O5/c1-18(2)15-28(5,25(32)30-29(6,26(33)34)16-19(3)4)31-27(35)36-17-24-22-13-9-7-11-20(22)21-12-8-10-14-23(21)24/h7-14,18-19,24H,15-17H2,1-6H3,(H,30,32)(H,31,35)(H,33,34)/t28-,29-/m1/s1. The first-order valence-electron chi connectivity index (χ1n) is 12.6. The predicted octanol–water partition coefficient (Wildman–Crippen LogP) is 5.34. The third-order valence-electron chi connectivity index (χ3n) is 6.72. The van der Waals surface area contributed by atoms with Crippen LogP contribution in [0, 0.1) is 11.8 Å². The van der Waals surface area contributed by atoms with E-state index in [1.807, 2.05) is 64.1 Å². The van der Waals surface area contributed by atoms with E-state index in [0.29, 0.717) is 6.42 Å². The number of ether oxygens (including phenoxy) is 1. The summed E-state index contributed by atoms with van der Waals surface area (Å²) in [6.07, 6.45) is -0.131. The second-order valence-electron chi connectivity index (χ2n) is 11.1. The number of amides is 2. The maximum atomic E-state index is 13.4. The lowest BCUT2D eigenvalue weighted by molar-refractivity contribution is -0.148. The highest BCUT2D eigenvalue weighted by molar-refractivity contribution is 5.94. The topological polar surface area (TPSA) is 105 Å². The molecule has 0 aliphatic heterocycles. The van der Waals surface area contributed by atoms with Crippen molar-refractivity contribution in [2.24, 2.45) is 11.8 Å². The van der Waals surface area contributed by atoms with E-state index in [-0.39, 0.29) is 30.8 Å². The molecule has 1 aliphatic rings. The molecule has 0 unspecified atom stereocenters. The Kier molecular flexibility index (Phi) is 8.12. The van der Waals surface area contributed by atoms with Gasteiger partial charge in [-0.05, 0) is 60.8 Å². The number of aliphatic carboxylic acids is 1. The zero-order valence-corrected chi connectivity index (χ0v) is 22.1. The lowest BCUT2D eigenvalue weighted by atomic mass is 9.86. The summed E-state index contributed by atoms with van der Waals surface area (Å²) in [5, 5.41) is 15.2. The van der Waals surface area contributed by atoms with Gasteiger partial charge in [0.15, 0.2) is 0 Å². The van der Waals surface area contributed by atoms with Crippen molar-refractivity contribution in [1.29, 1.82) is 0 Å². The van der Waals surface area contributed by atoms with Crippen LogP contribution in [-0.2, 0) is 14.3 Å². The van der Waals surface area contributed by atoms with Crippen molar-refractivity contribution in [3.63, 3.8) is 0 Å². The Hall–Kier alpha value is -3.35. The summed E-state index contributed by atoms with van der Waals surface area (Å²) < 4.78 is 5.66. The highest BCUT2D eigenvalue weighted by Gasteiger charge is 2.43. The molecule has 2 amide bonds. The maximum Gasteiger partial charge on any atom is 0.408 e. The molecular weight excluding hydrogens is 456 g/mol. The van der Waals surface area contributed by atoms with E-state index in [4.69, 9.17) is 4.74 Å². The van der Waals surface area contributed by atoms with E-state index < -0.39 is 29.0 Å². The molecule has 0 bridgehead atoms. The summed E-state index contributed by atoms with van der Waals surface area (Å²) >= 11 is 0. The van der Waals surface area contributed by atoms with Gasteiger partial charge in [0.1, 0.15) is 17.7 Å². The van der Waals surface area contributed by atoms with Gasteiger partial charge in [0.2, 0.25) is 5.91 Å². The molecule has 0 spiro atoms. The molecule has 0 saturated carbocycles. The van der Waals surface area contributed by atoms with Gasteiger partial charge in [-0.15, -0.1) is 0 Å². The number of carboxylic acids is 1. The van der Waals surface area contributed by atoms with Crippen LogP contribution in [0.5, 0.6) is 0 Å². The summed E-state index contributed by atoms with van der Waals surface area (Å²) in [6, 6.07) is 16.1. The van der Waals surface area contributed by atoms with Crippen molar-refractivity contribution < 1.29 is 24.2 Å². The lowest BCUT2D eigenvalue weighted by Crippen LogP contribution is -2.64. The zero-order valence-electron chi connectivity index (χ0n) is 22.1. The van der Waals surface area contributed by atoms with Crippen LogP contribution in [-0.4, -0.2) is 40.8 Å². The SMILES string of the molecule is CC(C)C[C@@](C)(NC(=O)[C@@](C)(CC(C)C)NC(=O)OCC1c2ccccc2-c2ccccc21)C(=O)O. The Morgan fingerprint density at radius 1 is 0.833 bits per heavy atom. The highest BCUT2D eigenvalue weighted by Crippen LogP contribution is 2.44. The van der Waals surface area contributed by atoms with Crippen LogP contribution in [0.2, 0.25) is 0 Å².